The van der Waals surface area contributed by atoms with Gasteiger partial charge in [-0.15, -0.1) is 11.3 Å². The van der Waals surface area contributed by atoms with Crippen molar-refractivity contribution in [2.75, 3.05) is 0 Å². The van der Waals surface area contributed by atoms with E-state index >= 15 is 0 Å². The fraction of sp³-hybridized carbons (Fsp3) is 0.312. The largest absolute Gasteiger partial charge is 0.345 e. The normalized spacial score (nSPS) is 13.7. The highest BCUT2D eigenvalue weighted by molar-refractivity contribution is 7.09. The molecule has 120 valence electrons. The standard InChI is InChI=1S/C16H18N4OS2/c1-11-3-5-18-20(11)12(2)15(21)19-14(16-17-6-8-23-16)9-13-4-7-22-10-13/h3-8,10,12,14H,9H2,1-2H3,(H,19,21)/t12-,14+/m1/s1. The number of thiophene rings is 1. The molecule has 0 aliphatic carbocycles. The zero-order chi connectivity index (χ0) is 16.2. The van der Waals surface area contributed by atoms with Crippen LogP contribution in [0.25, 0.3) is 0 Å². The lowest BCUT2D eigenvalue weighted by molar-refractivity contribution is -0.125. The molecule has 5 nitrogen and oxygen atoms in total. The third-order valence-electron chi connectivity index (χ3n) is 3.70. The molecule has 1 N–H and O–H groups in total. The van der Waals surface area contributed by atoms with Gasteiger partial charge in [0.1, 0.15) is 11.0 Å². The molecule has 0 aliphatic heterocycles. The Labute approximate surface area is 143 Å². The van der Waals surface area contributed by atoms with Gasteiger partial charge in [0.05, 0.1) is 6.04 Å². The average Bonchev–Trinajstić information content (AvgIpc) is 3.28. The first-order chi connectivity index (χ1) is 11.1. The molecular formula is C16H18N4OS2. The van der Waals surface area contributed by atoms with Crippen LogP contribution in [-0.2, 0) is 11.2 Å². The highest BCUT2D eigenvalue weighted by atomic mass is 32.1. The van der Waals surface area contributed by atoms with Crippen molar-refractivity contribution in [3.63, 3.8) is 0 Å². The maximum Gasteiger partial charge on any atom is 0.245 e. The van der Waals surface area contributed by atoms with Crippen LogP contribution in [-0.4, -0.2) is 20.7 Å². The molecule has 0 saturated heterocycles. The number of carbonyl (C=O) groups is 1. The Kier molecular flexibility index (Phi) is 4.88. The Morgan fingerprint density at radius 3 is 2.83 bits per heavy atom. The van der Waals surface area contributed by atoms with E-state index in [9.17, 15) is 4.79 Å². The summed E-state index contributed by atoms with van der Waals surface area (Å²) in [5, 5.41) is 14.4. The number of nitrogens with one attached hydrogen (secondary N) is 1. The maximum atomic E-state index is 12.6. The lowest BCUT2D eigenvalue weighted by atomic mass is 10.1. The van der Waals surface area contributed by atoms with Gasteiger partial charge in [-0.05, 0) is 42.3 Å². The zero-order valence-corrected chi connectivity index (χ0v) is 14.6. The summed E-state index contributed by atoms with van der Waals surface area (Å²) < 4.78 is 1.73. The van der Waals surface area contributed by atoms with Crippen LogP contribution < -0.4 is 5.32 Å². The summed E-state index contributed by atoms with van der Waals surface area (Å²) >= 11 is 3.22. The van der Waals surface area contributed by atoms with Crippen molar-refractivity contribution in [1.29, 1.82) is 0 Å². The fourth-order valence-corrected chi connectivity index (χ4v) is 3.81. The molecule has 0 fully saturated rings. The molecule has 1 amide bonds. The summed E-state index contributed by atoms with van der Waals surface area (Å²) in [4.78, 5) is 17.0. The average molecular weight is 346 g/mol. The second-order valence-electron chi connectivity index (χ2n) is 5.36. The van der Waals surface area contributed by atoms with E-state index in [4.69, 9.17) is 0 Å². The number of thiazole rings is 1. The van der Waals surface area contributed by atoms with Crippen LogP contribution in [0.4, 0.5) is 0 Å². The molecule has 0 aliphatic rings. The summed E-state index contributed by atoms with van der Waals surface area (Å²) in [5.74, 6) is -0.0489. The molecule has 0 bridgehead atoms. The first kappa shape index (κ1) is 15.9. The molecule has 3 aromatic heterocycles. The van der Waals surface area contributed by atoms with Crippen LogP contribution in [0.3, 0.4) is 0 Å². The predicted octanol–water partition coefficient (Wildman–Crippen LogP) is 3.37. The zero-order valence-electron chi connectivity index (χ0n) is 13.0. The predicted molar refractivity (Wildman–Crippen MR) is 92.7 cm³/mol. The smallest absolute Gasteiger partial charge is 0.245 e. The minimum Gasteiger partial charge on any atom is -0.345 e. The van der Waals surface area contributed by atoms with Gasteiger partial charge < -0.3 is 5.32 Å². The summed E-state index contributed by atoms with van der Waals surface area (Å²) in [5.41, 5.74) is 2.18. The van der Waals surface area contributed by atoms with Gasteiger partial charge in [0, 0.05) is 29.9 Å². The van der Waals surface area contributed by atoms with Crippen molar-refractivity contribution >= 4 is 28.6 Å². The molecule has 0 aromatic carbocycles. The van der Waals surface area contributed by atoms with Gasteiger partial charge in [0.2, 0.25) is 5.91 Å². The number of aryl methyl sites for hydroxylation is 1. The third-order valence-corrected chi connectivity index (χ3v) is 5.32. The highest BCUT2D eigenvalue weighted by Gasteiger charge is 2.23. The Morgan fingerprint density at radius 2 is 2.22 bits per heavy atom. The molecule has 3 rings (SSSR count). The van der Waals surface area contributed by atoms with E-state index in [1.165, 1.54) is 5.56 Å². The van der Waals surface area contributed by atoms with Gasteiger partial charge in [-0.3, -0.25) is 9.48 Å². The van der Waals surface area contributed by atoms with Gasteiger partial charge in [-0.25, -0.2) is 4.98 Å². The molecule has 0 saturated carbocycles. The van der Waals surface area contributed by atoms with E-state index < -0.39 is 0 Å². The van der Waals surface area contributed by atoms with Gasteiger partial charge in [-0.1, -0.05) is 0 Å². The fourth-order valence-electron chi connectivity index (χ4n) is 2.44. The van der Waals surface area contributed by atoms with Crippen LogP contribution in [0.1, 0.15) is 35.3 Å². The molecule has 0 radical (unpaired) electrons. The Hall–Kier alpha value is -1.99. The number of rotatable bonds is 6. The quantitative estimate of drug-likeness (QED) is 0.744. The van der Waals surface area contributed by atoms with Crippen LogP contribution in [0.5, 0.6) is 0 Å². The van der Waals surface area contributed by atoms with Crippen LogP contribution in [0, 0.1) is 6.92 Å². The number of amides is 1. The molecule has 0 spiro atoms. The van der Waals surface area contributed by atoms with Gasteiger partial charge in [-0.2, -0.15) is 16.4 Å². The van der Waals surface area contributed by atoms with E-state index in [0.29, 0.717) is 0 Å². The van der Waals surface area contributed by atoms with Crippen LogP contribution in [0.2, 0.25) is 0 Å². The molecule has 2 atom stereocenters. The highest BCUT2D eigenvalue weighted by Crippen LogP contribution is 2.23. The van der Waals surface area contributed by atoms with E-state index in [0.717, 1.165) is 17.1 Å². The second kappa shape index (κ2) is 7.06. The SMILES string of the molecule is Cc1ccnn1[C@H](C)C(=O)N[C@@H](Cc1ccsc1)c1nccs1. The summed E-state index contributed by atoms with van der Waals surface area (Å²) in [6.07, 6.45) is 4.23. The third kappa shape index (κ3) is 3.68. The van der Waals surface area contributed by atoms with E-state index in [1.54, 1.807) is 39.7 Å². The van der Waals surface area contributed by atoms with E-state index in [-0.39, 0.29) is 18.0 Å². The number of aromatic nitrogens is 3. The summed E-state index contributed by atoms with van der Waals surface area (Å²) in [7, 11) is 0. The molecule has 0 unspecified atom stereocenters. The Morgan fingerprint density at radius 1 is 1.35 bits per heavy atom. The Bertz CT molecular complexity index is 749. The monoisotopic (exact) mass is 346 g/mol. The van der Waals surface area contributed by atoms with E-state index in [2.05, 4.69) is 26.8 Å². The van der Waals surface area contributed by atoms with Crippen molar-refractivity contribution < 1.29 is 4.79 Å². The van der Waals surface area contributed by atoms with Gasteiger partial charge in [0.15, 0.2) is 0 Å². The topological polar surface area (TPSA) is 59.8 Å². The lowest BCUT2D eigenvalue weighted by Gasteiger charge is -2.20. The van der Waals surface area contributed by atoms with Crippen molar-refractivity contribution in [2.24, 2.45) is 0 Å². The number of carbonyl (C=O) groups excluding carboxylic acids is 1. The minimum absolute atomic E-state index is 0.0489. The molecule has 23 heavy (non-hydrogen) atoms. The number of nitrogens with zero attached hydrogens (tertiary/aromatic N) is 3. The van der Waals surface area contributed by atoms with Crippen LogP contribution >= 0.6 is 22.7 Å². The van der Waals surface area contributed by atoms with Crippen molar-refractivity contribution in [1.82, 2.24) is 20.1 Å². The van der Waals surface area contributed by atoms with Crippen molar-refractivity contribution in [2.45, 2.75) is 32.4 Å². The van der Waals surface area contributed by atoms with Gasteiger partial charge in [0.25, 0.3) is 0 Å². The number of hydrogen-bond donors (Lipinski definition) is 1. The molecule has 3 heterocycles. The summed E-state index contributed by atoms with van der Waals surface area (Å²) in [6.45, 7) is 3.80. The molecular weight excluding hydrogens is 328 g/mol. The molecule has 3 aromatic rings. The van der Waals surface area contributed by atoms with Crippen LogP contribution in [0.15, 0.2) is 40.7 Å². The van der Waals surface area contributed by atoms with Gasteiger partial charge >= 0.3 is 0 Å². The van der Waals surface area contributed by atoms with Crippen molar-refractivity contribution in [3.8, 4) is 0 Å². The van der Waals surface area contributed by atoms with Crippen molar-refractivity contribution in [3.05, 3.63) is 56.9 Å². The first-order valence-electron chi connectivity index (χ1n) is 7.36. The maximum absolute atomic E-state index is 12.6. The van der Waals surface area contributed by atoms with E-state index in [1.807, 2.05) is 30.7 Å². The summed E-state index contributed by atoms with van der Waals surface area (Å²) in [6, 6.07) is 3.51. The lowest BCUT2D eigenvalue weighted by Crippen LogP contribution is -2.35. The Balaban J connectivity index is 1.75. The number of hydrogen-bond acceptors (Lipinski definition) is 5. The second-order valence-corrected chi connectivity index (χ2v) is 7.07. The molecule has 7 heteroatoms. The first-order valence-corrected chi connectivity index (χ1v) is 9.18. The minimum atomic E-state index is -0.352.